The lowest BCUT2D eigenvalue weighted by Crippen LogP contribution is -2.47. The van der Waals surface area contributed by atoms with Crippen molar-refractivity contribution in [1.82, 2.24) is 10.2 Å². The van der Waals surface area contributed by atoms with E-state index in [2.05, 4.69) is 10.2 Å². The number of nitrogens with zero attached hydrogens (tertiary/aromatic N) is 1. The maximum absolute atomic E-state index is 12.7. The zero-order chi connectivity index (χ0) is 19.0. The molecule has 2 aliphatic heterocycles. The summed E-state index contributed by atoms with van der Waals surface area (Å²) in [6, 6.07) is 9.79. The van der Waals surface area contributed by atoms with E-state index in [0.29, 0.717) is 15.7 Å². The van der Waals surface area contributed by atoms with Crippen molar-refractivity contribution in [2.75, 3.05) is 19.6 Å². The molecule has 3 heterocycles. The molecule has 1 N–H and O–H groups in total. The van der Waals surface area contributed by atoms with Gasteiger partial charge in [-0.3, -0.25) is 4.79 Å². The molecular weight excluding hydrogens is 393 g/mol. The molecule has 3 nitrogen and oxygen atoms in total. The van der Waals surface area contributed by atoms with Crippen molar-refractivity contribution < 1.29 is 18.0 Å². The van der Waals surface area contributed by atoms with Crippen LogP contribution in [-0.2, 0) is 6.18 Å². The zero-order valence-corrected chi connectivity index (χ0v) is 16.1. The molecule has 2 bridgehead atoms. The number of carbonyl (C=O) groups is 1. The largest absolute Gasteiger partial charge is 0.425 e. The monoisotopic (exact) mass is 412 g/mol. The van der Waals surface area contributed by atoms with Crippen LogP contribution in [0.4, 0.5) is 13.2 Å². The lowest BCUT2D eigenvalue weighted by molar-refractivity contribution is -0.134. The first kappa shape index (κ1) is 18.8. The topological polar surface area (TPSA) is 32.3 Å². The van der Waals surface area contributed by atoms with Gasteiger partial charge in [0, 0.05) is 29.6 Å². The summed E-state index contributed by atoms with van der Waals surface area (Å²) in [6.07, 6.45) is -2.05. The van der Waals surface area contributed by atoms with Gasteiger partial charge in [0.15, 0.2) is 0 Å². The second kappa shape index (κ2) is 7.48. The highest BCUT2D eigenvalue weighted by atomic mass is 32.2. The molecule has 2 aromatic rings. The zero-order valence-electron chi connectivity index (χ0n) is 14.5. The van der Waals surface area contributed by atoms with Gasteiger partial charge in [-0.1, -0.05) is 11.8 Å². The van der Waals surface area contributed by atoms with Gasteiger partial charge in [-0.05, 0) is 61.7 Å². The van der Waals surface area contributed by atoms with Crippen LogP contribution in [0.2, 0.25) is 0 Å². The number of benzene rings is 1. The number of nitrogens with one attached hydrogen (secondary N) is 1. The minimum Gasteiger partial charge on any atom is -0.348 e. The standard InChI is InChI=1S/C19H19F3N2OS2/c20-19(21,22)16-5-6-17(27-16)26-15-3-1-13(2-4-15)18(25)23-14-9-12-7-8-24(10-12)11-14/h1-6,12,14H,7-11H2,(H,23,25). The predicted octanol–water partition coefficient (Wildman–Crippen LogP) is 4.74. The van der Waals surface area contributed by atoms with E-state index in [1.54, 1.807) is 24.3 Å². The first-order chi connectivity index (χ1) is 12.9. The van der Waals surface area contributed by atoms with E-state index in [0.717, 1.165) is 48.4 Å². The van der Waals surface area contributed by atoms with Crippen molar-refractivity contribution in [3.8, 4) is 0 Å². The summed E-state index contributed by atoms with van der Waals surface area (Å²) in [6.45, 7) is 3.19. The summed E-state index contributed by atoms with van der Waals surface area (Å²) < 4.78 is 38.6. The third kappa shape index (κ3) is 4.50. The molecule has 8 heteroatoms. The van der Waals surface area contributed by atoms with Crippen LogP contribution in [0.15, 0.2) is 45.5 Å². The van der Waals surface area contributed by atoms with E-state index in [1.165, 1.54) is 24.2 Å². The van der Waals surface area contributed by atoms with Crippen molar-refractivity contribution in [1.29, 1.82) is 0 Å². The van der Waals surface area contributed by atoms with Gasteiger partial charge in [-0.15, -0.1) is 11.3 Å². The fourth-order valence-electron chi connectivity index (χ4n) is 3.75. The van der Waals surface area contributed by atoms with Crippen LogP contribution >= 0.6 is 23.1 Å². The van der Waals surface area contributed by atoms with Crippen LogP contribution in [0.25, 0.3) is 0 Å². The van der Waals surface area contributed by atoms with Gasteiger partial charge in [0.2, 0.25) is 0 Å². The number of amides is 1. The Balaban J connectivity index is 1.35. The number of piperidine rings is 1. The molecule has 2 saturated heterocycles. The molecule has 0 radical (unpaired) electrons. The molecule has 3 atom stereocenters. The van der Waals surface area contributed by atoms with E-state index in [-0.39, 0.29) is 11.9 Å². The number of fused-ring (bicyclic) bond motifs is 2. The molecule has 2 fully saturated rings. The molecule has 0 aliphatic carbocycles. The average molecular weight is 413 g/mol. The summed E-state index contributed by atoms with van der Waals surface area (Å²) in [7, 11) is 0. The number of thiophene rings is 1. The summed E-state index contributed by atoms with van der Waals surface area (Å²) in [5, 5.41) is 3.11. The Morgan fingerprint density at radius 3 is 2.59 bits per heavy atom. The van der Waals surface area contributed by atoms with Gasteiger partial charge in [0.05, 0.1) is 4.21 Å². The lowest BCUT2D eigenvalue weighted by Gasteiger charge is -2.30. The van der Waals surface area contributed by atoms with Crippen LogP contribution in [0.5, 0.6) is 0 Å². The number of carbonyl (C=O) groups excluding carboxylic acids is 1. The quantitative estimate of drug-likeness (QED) is 0.787. The van der Waals surface area contributed by atoms with E-state index in [4.69, 9.17) is 0 Å². The van der Waals surface area contributed by atoms with Gasteiger partial charge in [0.25, 0.3) is 5.91 Å². The predicted molar refractivity (Wildman–Crippen MR) is 100 cm³/mol. The summed E-state index contributed by atoms with van der Waals surface area (Å²) in [5.41, 5.74) is 0.578. The Hall–Kier alpha value is -1.51. The second-order valence-electron chi connectivity index (χ2n) is 7.06. The number of halogens is 3. The minimum absolute atomic E-state index is 0.0884. The molecule has 3 unspecified atom stereocenters. The number of hydrogen-bond acceptors (Lipinski definition) is 4. The highest BCUT2D eigenvalue weighted by Crippen LogP contribution is 2.40. The fraction of sp³-hybridized carbons (Fsp3) is 0.421. The van der Waals surface area contributed by atoms with Crippen molar-refractivity contribution in [2.24, 2.45) is 5.92 Å². The van der Waals surface area contributed by atoms with Gasteiger partial charge >= 0.3 is 6.18 Å². The highest BCUT2D eigenvalue weighted by molar-refractivity contribution is 8.01. The smallest absolute Gasteiger partial charge is 0.348 e. The Morgan fingerprint density at radius 2 is 1.93 bits per heavy atom. The van der Waals surface area contributed by atoms with Gasteiger partial charge < -0.3 is 10.2 Å². The molecule has 1 aromatic heterocycles. The Labute approximate surface area is 163 Å². The van der Waals surface area contributed by atoms with Crippen molar-refractivity contribution in [3.63, 3.8) is 0 Å². The summed E-state index contributed by atoms with van der Waals surface area (Å²) >= 11 is 2.00. The first-order valence-corrected chi connectivity index (χ1v) is 10.5. The van der Waals surface area contributed by atoms with Crippen LogP contribution in [-0.4, -0.2) is 36.5 Å². The molecule has 144 valence electrons. The van der Waals surface area contributed by atoms with Crippen molar-refractivity contribution >= 4 is 29.0 Å². The van der Waals surface area contributed by atoms with E-state index in [1.807, 2.05) is 0 Å². The molecule has 27 heavy (non-hydrogen) atoms. The fourth-order valence-corrected chi connectivity index (χ4v) is 5.72. The van der Waals surface area contributed by atoms with E-state index in [9.17, 15) is 18.0 Å². The van der Waals surface area contributed by atoms with Crippen LogP contribution in [0.1, 0.15) is 28.1 Å². The number of alkyl halides is 3. The number of hydrogen-bond donors (Lipinski definition) is 1. The molecule has 0 saturated carbocycles. The molecular formula is C19H19F3N2OS2. The highest BCUT2D eigenvalue weighted by Gasteiger charge is 2.33. The average Bonchev–Trinajstić information content (AvgIpc) is 3.22. The Kier molecular flexibility index (Phi) is 5.22. The maximum Gasteiger partial charge on any atom is 0.425 e. The second-order valence-corrected chi connectivity index (χ2v) is 9.52. The van der Waals surface area contributed by atoms with Gasteiger partial charge in [-0.2, -0.15) is 13.2 Å². The molecule has 0 spiro atoms. The van der Waals surface area contributed by atoms with Crippen LogP contribution < -0.4 is 5.32 Å². The van der Waals surface area contributed by atoms with E-state index >= 15 is 0 Å². The Morgan fingerprint density at radius 1 is 1.15 bits per heavy atom. The van der Waals surface area contributed by atoms with Crippen LogP contribution in [0, 0.1) is 5.92 Å². The van der Waals surface area contributed by atoms with Gasteiger partial charge in [-0.25, -0.2) is 0 Å². The van der Waals surface area contributed by atoms with Crippen LogP contribution in [0.3, 0.4) is 0 Å². The molecule has 4 rings (SSSR count). The van der Waals surface area contributed by atoms with E-state index < -0.39 is 11.1 Å². The molecule has 2 aliphatic rings. The molecule has 1 amide bonds. The summed E-state index contributed by atoms with van der Waals surface area (Å²) in [5.74, 6) is 0.602. The maximum atomic E-state index is 12.7. The lowest BCUT2D eigenvalue weighted by atomic mass is 9.96. The normalized spacial score (nSPS) is 24.8. The van der Waals surface area contributed by atoms with Crippen molar-refractivity contribution in [2.45, 2.75) is 34.2 Å². The minimum atomic E-state index is -4.30. The van der Waals surface area contributed by atoms with Crippen molar-refractivity contribution in [3.05, 3.63) is 46.8 Å². The SMILES string of the molecule is O=C(NC1CC2CCN(C2)C1)c1ccc(Sc2ccc(C(F)(F)F)s2)cc1. The number of rotatable bonds is 4. The van der Waals surface area contributed by atoms with Gasteiger partial charge in [0.1, 0.15) is 4.88 Å². The molecule has 1 aromatic carbocycles. The third-order valence-electron chi connectivity index (χ3n) is 5.00. The Bertz CT molecular complexity index is 807. The third-order valence-corrected chi connectivity index (χ3v) is 7.27. The summed E-state index contributed by atoms with van der Waals surface area (Å²) in [4.78, 5) is 15.1. The first-order valence-electron chi connectivity index (χ1n) is 8.85.